The fourth-order valence-corrected chi connectivity index (χ4v) is 1.55. The highest BCUT2D eigenvalue weighted by Crippen LogP contribution is 2.11. The highest BCUT2D eigenvalue weighted by Gasteiger charge is 2.12. The first-order valence-corrected chi connectivity index (χ1v) is 5.56. The van der Waals surface area contributed by atoms with Gasteiger partial charge in [-0.2, -0.15) is 0 Å². The van der Waals surface area contributed by atoms with Gasteiger partial charge in [0.25, 0.3) is 5.91 Å². The standard InChI is InChI=1S/C12H13FN4O/c1-9-3-2-4-10(11(9)13)12(18)14-5-7-17-8-6-15-16-17/h2-4,6,8H,5,7H2,1H3,(H,14,18). The average molecular weight is 248 g/mol. The molecule has 0 fully saturated rings. The van der Waals surface area contributed by atoms with Crippen LogP contribution in [0.25, 0.3) is 0 Å². The van der Waals surface area contributed by atoms with Gasteiger partial charge in [0, 0.05) is 12.7 Å². The zero-order valence-electron chi connectivity index (χ0n) is 9.93. The van der Waals surface area contributed by atoms with Crippen LogP contribution in [0.15, 0.2) is 30.6 Å². The number of benzene rings is 1. The SMILES string of the molecule is Cc1cccc(C(=O)NCCn2ccnn2)c1F. The first-order chi connectivity index (χ1) is 8.68. The molecule has 1 aromatic heterocycles. The minimum absolute atomic E-state index is 0.0635. The van der Waals surface area contributed by atoms with E-state index in [-0.39, 0.29) is 5.56 Å². The summed E-state index contributed by atoms with van der Waals surface area (Å²) in [5.41, 5.74) is 0.521. The lowest BCUT2D eigenvalue weighted by Crippen LogP contribution is -2.28. The number of carbonyl (C=O) groups is 1. The van der Waals surface area contributed by atoms with E-state index >= 15 is 0 Å². The summed E-state index contributed by atoms with van der Waals surface area (Å²) in [5, 5.41) is 10.0. The summed E-state index contributed by atoms with van der Waals surface area (Å²) in [6, 6.07) is 4.75. The lowest BCUT2D eigenvalue weighted by atomic mass is 10.1. The Kier molecular flexibility index (Phi) is 3.66. The lowest BCUT2D eigenvalue weighted by Gasteiger charge is -2.07. The monoisotopic (exact) mass is 248 g/mol. The average Bonchev–Trinajstić information content (AvgIpc) is 2.85. The maximum absolute atomic E-state index is 13.7. The Balaban J connectivity index is 1.93. The van der Waals surface area contributed by atoms with Crippen LogP contribution in [0.2, 0.25) is 0 Å². The molecule has 1 heterocycles. The van der Waals surface area contributed by atoms with Gasteiger partial charge in [-0.3, -0.25) is 9.48 Å². The maximum atomic E-state index is 13.7. The minimum Gasteiger partial charge on any atom is -0.350 e. The van der Waals surface area contributed by atoms with Gasteiger partial charge < -0.3 is 5.32 Å². The Labute approximate surface area is 104 Å². The molecule has 2 rings (SSSR count). The molecule has 5 nitrogen and oxygen atoms in total. The van der Waals surface area contributed by atoms with Gasteiger partial charge in [-0.15, -0.1) is 5.10 Å². The summed E-state index contributed by atoms with van der Waals surface area (Å²) in [5.74, 6) is -0.896. The van der Waals surface area contributed by atoms with Crippen molar-refractivity contribution in [1.29, 1.82) is 0 Å². The van der Waals surface area contributed by atoms with Gasteiger partial charge >= 0.3 is 0 Å². The number of hydrogen-bond acceptors (Lipinski definition) is 3. The second-order valence-corrected chi connectivity index (χ2v) is 3.86. The molecule has 0 saturated carbocycles. The number of rotatable bonds is 4. The summed E-state index contributed by atoms with van der Waals surface area (Å²) < 4.78 is 15.3. The first kappa shape index (κ1) is 12.2. The van der Waals surface area contributed by atoms with Crippen LogP contribution in [-0.4, -0.2) is 27.4 Å². The van der Waals surface area contributed by atoms with Gasteiger partial charge in [-0.1, -0.05) is 17.3 Å². The summed E-state index contributed by atoms with van der Waals surface area (Å²) in [6.45, 7) is 2.50. The molecule has 0 aliphatic rings. The molecule has 0 bridgehead atoms. The van der Waals surface area contributed by atoms with E-state index in [1.165, 1.54) is 6.07 Å². The van der Waals surface area contributed by atoms with Gasteiger partial charge in [-0.25, -0.2) is 4.39 Å². The van der Waals surface area contributed by atoms with Crippen molar-refractivity contribution in [2.45, 2.75) is 13.5 Å². The lowest BCUT2D eigenvalue weighted by molar-refractivity contribution is 0.0947. The molecule has 0 atom stereocenters. The third kappa shape index (κ3) is 2.71. The first-order valence-electron chi connectivity index (χ1n) is 5.56. The van der Waals surface area contributed by atoms with Crippen molar-refractivity contribution in [2.75, 3.05) is 6.54 Å². The van der Waals surface area contributed by atoms with Crippen molar-refractivity contribution in [2.24, 2.45) is 0 Å². The topological polar surface area (TPSA) is 59.8 Å². The molecule has 18 heavy (non-hydrogen) atoms. The molecule has 0 radical (unpaired) electrons. The van der Waals surface area contributed by atoms with Crippen LogP contribution in [-0.2, 0) is 6.54 Å². The van der Waals surface area contributed by atoms with E-state index in [2.05, 4.69) is 15.6 Å². The van der Waals surface area contributed by atoms with Crippen LogP contribution in [0, 0.1) is 12.7 Å². The number of carbonyl (C=O) groups excluding carboxylic acids is 1. The van der Waals surface area contributed by atoms with Crippen LogP contribution < -0.4 is 5.32 Å². The van der Waals surface area contributed by atoms with Crippen molar-refractivity contribution in [3.8, 4) is 0 Å². The van der Waals surface area contributed by atoms with Gasteiger partial charge in [0.1, 0.15) is 5.82 Å². The maximum Gasteiger partial charge on any atom is 0.254 e. The third-order valence-corrected chi connectivity index (χ3v) is 2.53. The van der Waals surface area contributed by atoms with E-state index < -0.39 is 11.7 Å². The largest absolute Gasteiger partial charge is 0.350 e. The Morgan fingerprint density at radius 2 is 2.33 bits per heavy atom. The zero-order valence-corrected chi connectivity index (χ0v) is 9.93. The predicted molar refractivity (Wildman–Crippen MR) is 63.5 cm³/mol. The quantitative estimate of drug-likeness (QED) is 0.883. The predicted octanol–water partition coefficient (Wildman–Crippen LogP) is 1.16. The smallest absolute Gasteiger partial charge is 0.254 e. The van der Waals surface area contributed by atoms with Gasteiger partial charge in [0.2, 0.25) is 0 Å². The Morgan fingerprint density at radius 1 is 1.50 bits per heavy atom. The van der Waals surface area contributed by atoms with E-state index in [4.69, 9.17) is 0 Å². The number of halogens is 1. The third-order valence-electron chi connectivity index (χ3n) is 2.53. The second-order valence-electron chi connectivity index (χ2n) is 3.86. The molecule has 94 valence electrons. The Hall–Kier alpha value is -2.24. The van der Waals surface area contributed by atoms with Crippen LogP contribution in [0.3, 0.4) is 0 Å². The van der Waals surface area contributed by atoms with Crippen molar-refractivity contribution in [1.82, 2.24) is 20.3 Å². The number of aromatic nitrogens is 3. The molecular formula is C12H13FN4O. The Bertz CT molecular complexity index is 539. The fraction of sp³-hybridized carbons (Fsp3) is 0.250. The van der Waals surface area contributed by atoms with E-state index in [0.29, 0.717) is 18.7 Å². The molecule has 0 unspecified atom stereocenters. The summed E-state index contributed by atoms with van der Waals surface area (Å²) >= 11 is 0. The number of nitrogens with one attached hydrogen (secondary N) is 1. The molecule has 1 amide bonds. The summed E-state index contributed by atoms with van der Waals surface area (Å²) in [7, 11) is 0. The van der Waals surface area contributed by atoms with Crippen LogP contribution in [0.5, 0.6) is 0 Å². The van der Waals surface area contributed by atoms with E-state index in [0.717, 1.165) is 0 Å². The van der Waals surface area contributed by atoms with Crippen LogP contribution in [0.4, 0.5) is 4.39 Å². The summed E-state index contributed by atoms with van der Waals surface area (Å²) in [4.78, 5) is 11.7. The van der Waals surface area contributed by atoms with E-state index in [9.17, 15) is 9.18 Å². The molecule has 0 spiro atoms. The van der Waals surface area contributed by atoms with Crippen LogP contribution in [0.1, 0.15) is 15.9 Å². The number of aryl methyl sites for hydroxylation is 1. The molecule has 1 aromatic carbocycles. The molecule has 6 heteroatoms. The van der Waals surface area contributed by atoms with E-state index in [1.807, 2.05) is 0 Å². The fourth-order valence-electron chi connectivity index (χ4n) is 1.55. The van der Waals surface area contributed by atoms with Crippen molar-refractivity contribution >= 4 is 5.91 Å². The molecular weight excluding hydrogens is 235 g/mol. The molecule has 0 aliphatic carbocycles. The van der Waals surface area contributed by atoms with Crippen molar-refractivity contribution < 1.29 is 9.18 Å². The molecule has 0 saturated heterocycles. The molecule has 2 aromatic rings. The van der Waals surface area contributed by atoms with E-state index in [1.54, 1.807) is 36.1 Å². The molecule has 0 aliphatic heterocycles. The zero-order chi connectivity index (χ0) is 13.0. The van der Waals surface area contributed by atoms with Crippen molar-refractivity contribution in [3.63, 3.8) is 0 Å². The molecule has 1 N–H and O–H groups in total. The minimum atomic E-state index is -0.476. The second kappa shape index (κ2) is 5.39. The van der Waals surface area contributed by atoms with Gasteiger partial charge in [-0.05, 0) is 18.6 Å². The van der Waals surface area contributed by atoms with Crippen molar-refractivity contribution in [3.05, 3.63) is 47.5 Å². The van der Waals surface area contributed by atoms with Crippen LogP contribution >= 0.6 is 0 Å². The normalized spacial score (nSPS) is 10.3. The summed E-state index contributed by atoms with van der Waals surface area (Å²) in [6.07, 6.45) is 3.25. The van der Waals surface area contributed by atoms with Gasteiger partial charge in [0.15, 0.2) is 0 Å². The number of nitrogens with zero attached hydrogens (tertiary/aromatic N) is 3. The highest BCUT2D eigenvalue weighted by atomic mass is 19.1. The number of amides is 1. The van der Waals surface area contributed by atoms with Gasteiger partial charge in [0.05, 0.1) is 18.3 Å². The highest BCUT2D eigenvalue weighted by molar-refractivity contribution is 5.94. The Morgan fingerprint density at radius 3 is 3.06 bits per heavy atom. The number of hydrogen-bond donors (Lipinski definition) is 1.